The molecule has 0 spiro atoms. The molecule has 1 aromatic rings. The molecule has 1 aliphatic rings. The molecule has 1 saturated heterocycles. The van der Waals surface area contributed by atoms with Gasteiger partial charge in [0.05, 0.1) is 6.42 Å². The summed E-state index contributed by atoms with van der Waals surface area (Å²) in [5, 5.41) is 13.0. The molecule has 5 heteroatoms. The predicted molar refractivity (Wildman–Crippen MR) is 70.9 cm³/mol. The number of phenols is 1. The number of amides is 1. The Morgan fingerprint density at radius 3 is 3.06 bits per heavy atom. The minimum absolute atomic E-state index is 0.0796. The van der Waals surface area contributed by atoms with Crippen molar-refractivity contribution in [2.45, 2.75) is 19.4 Å². The van der Waals surface area contributed by atoms with Gasteiger partial charge in [0.15, 0.2) is 0 Å². The first-order valence-electron chi connectivity index (χ1n) is 6.05. The molecule has 1 amide bonds. The lowest BCUT2D eigenvalue weighted by Crippen LogP contribution is -2.51. The molecular weight excluding hydrogens is 252 g/mol. The number of rotatable bonds is 2. The van der Waals surface area contributed by atoms with Gasteiger partial charge >= 0.3 is 0 Å². The molecule has 0 bridgehead atoms. The fourth-order valence-electron chi connectivity index (χ4n) is 2.11. The van der Waals surface area contributed by atoms with Crippen molar-refractivity contribution in [2.24, 2.45) is 0 Å². The van der Waals surface area contributed by atoms with Gasteiger partial charge in [0.25, 0.3) is 0 Å². The monoisotopic (exact) mass is 268 g/mol. The minimum Gasteiger partial charge on any atom is -0.508 e. The van der Waals surface area contributed by atoms with E-state index in [4.69, 9.17) is 11.6 Å². The van der Waals surface area contributed by atoms with Crippen molar-refractivity contribution in [3.05, 3.63) is 28.8 Å². The smallest absolute Gasteiger partial charge is 0.227 e. The van der Waals surface area contributed by atoms with Crippen molar-refractivity contribution in [1.82, 2.24) is 10.2 Å². The Hall–Kier alpha value is -1.26. The van der Waals surface area contributed by atoms with E-state index in [2.05, 4.69) is 12.2 Å². The van der Waals surface area contributed by atoms with Crippen molar-refractivity contribution in [2.75, 3.05) is 19.6 Å². The number of phenolic OH excluding ortho intramolecular Hbond substituents is 1. The van der Waals surface area contributed by atoms with Crippen molar-refractivity contribution >= 4 is 17.5 Å². The summed E-state index contributed by atoms with van der Waals surface area (Å²) in [4.78, 5) is 14.0. The number of nitrogens with one attached hydrogen (secondary N) is 1. The summed E-state index contributed by atoms with van der Waals surface area (Å²) in [6.07, 6.45) is 0.284. The van der Waals surface area contributed by atoms with Crippen LogP contribution in [0.15, 0.2) is 18.2 Å². The zero-order valence-electron chi connectivity index (χ0n) is 10.3. The first-order valence-corrected chi connectivity index (χ1v) is 6.42. The number of benzene rings is 1. The summed E-state index contributed by atoms with van der Waals surface area (Å²) in [6.45, 7) is 4.36. The van der Waals surface area contributed by atoms with Gasteiger partial charge in [0, 0.05) is 30.7 Å². The molecule has 1 heterocycles. The summed E-state index contributed by atoms with van der Waals surface area (Å²) in [6, 6.07) is 5.04. The fourth-order valence-corrected chi connectivity index (χ4v) is 2.35. The third-order valence-corrected chi connectivity index (χ3v) is 3.45. The van der Waals surface area contributed by atoms with Crippen LogP contribution in [0.2, 0.25) is 5.02 Å². The van der Waals surface area contributed by atoms with Gasteiger partial charge in [0.2, 0.25) is 5.91 Å². The standard InChI is InChI=1S/C13H17ClN2O2/c1-9-8-16(5-4-15-9)13(18)6-10-2-3-11(17)7-12(10)14/h2-3,7,9,15,17H,4-6,8H2,1H3/t9-/m1/s1. The second-order valence-corrected chi connectivity index (χ2v) is 5.05. The van der Waals surface area contributed by atoms with Crippen LogP contribution in [0.3, 0.4) is 0 Å². The van der Waals surface area contributed by atoms with Gasteiger partial charge in [-0.05, 0) is 24.6 Å². The number of halogens is 1. The SMILES string of the molecule is C[C@@H]1CN(C(=O)Cc2ccc(O)cc2Cl)CCN1. The highest BCUT2D eigenvalue weighted by molar-refractivity contribution is 6.31. The Labute approximate surface area is 112 Å². The molecule has 2 rings (SSSR count). The van der Waals surface area contributed by atoms with Crippen LogP contribution >= 0.6 is 11.6 Å². The molecule has 0 saturated carbocycles. The van der Waals surface area contributed by atoms with Gasteiger partial charge in [-0.25, -0.2) is 0 Å². The number of piperazine rings is 1. The maximum atomic E-state index is 12.1. The lowest BCUT2D eigenvalue weighted by Gasteiger charge is -2.32. The Balaban J connectivity index is 2.02. The van der Waals surface area contributed by atoms with Crippen LogP contribution in [0.1, 0.15) is 12.5 Å². The Morgan fingerprint density at radius 1 is 1.61 bits per heavy atom. The first-order chi connectivity index (χ1) is 8.56. The zero-order chi connectivity index (χ0) is 13.1. The molecule has 0 aliphatic carbocycles. The molecule has 1 atom stereocenters. The van der Waals surface area contributed by atoms with Gasteiger partial charge in [-0.15, -0.1) is 0 Å². The van der Waals surface area contributed by atoms with Crippen LogP contribution in [0.5, 0.6) is 5.75 Å². The Kier molecular flexibility index (Phi) is 4.09. The molecule has 18 heavy (non-hydrogen) atoms. The summed E-state index contributed by atoms with van der Waals surface area (Å²) >= 11 is 6.00. The molecule has 0 unspecified atom stereocenters. The van der Waals surface area contributed by atoms with Crippen LogP contribution < -0.4 is 5.32 Å². The number of carbonyl (C=O) groups is 1. The van der Waals surface area contributed by atoms with E-state index in [9.17, 15) is 9.90 Å². The normalized spacial score (nSPS) is 19.9. The van der Waals surface area contributed by atoms with Crippen LogP contribution in [-0.4, -0.2) is 41.6 Å². The van der Waals surface area contributed by atoms with E-state index in [-0.39, 0.29) is 18.1 Å². The van der Waals surface area contributed by atoms with Gasteiger partial charge in [-0.2, -0.15) is 0 Å². The molecule has 1 aliphatic heterocycles. The van der Waals surface area contributed by atoms with E-state index in [0.29, 0.717) is 11.1 Å². The molecule has 1 fully saturated rings. The molecule has 0 radical (unpaired) electrons. The van der Waals surface area contributed by atoms with Gasteiger partial charge < -0.3 is 15.3 Å². The highest BCUT2D eigenvalue weighted by Crippen LogP contribution is 2.22. The number of nitrogens with zero attached hydrogens (tertiary/aromatic N) is 1. The van der Waals surface area contributed by atoms with E-state index in [1.807, 2.05) is 4.90 Å². The summed E-state index contributed by atoms with van der Waals surface area (Å²) in [7, 11) is 0. The largest absolute Gasteiger partial charge is 0.508 e. The summed E-state index contributed by atoms with van der Waals surface area (Å²) in [5.41, 5.74) is 0.755. The third-order valence-electron chi connectivity index (χ3n) is 3.10. The number of aromatic hydroxyl groups is 1. The lowest BCUT2D eigenvalue weighted by molar-refractivity contribution is -0.131. The maximum absolute atomic E-state index is 12.1. The van der Waals surface area contributed by atoms with E-state index in [1.54, 1.807) is 12.1 Å². The van der Waals surface area contributed by atoms with E-state index in [1.165, 1.54) is 6.07 Å². The van der Waals surface area contributed by atoms with Crippen molar-refractivity contribution in [3.8, 4) is 5.75 Å². The van der Waals surface area contributed by atoms with E-state index in [0.717, 1.165) is 25.2 Å². The molecule has 98 valence electrons. The van der Waals surface area contributed by atoms with Gasteiger partial charge in [-0.3, -0.25) is 4.79 Å². The summed E-state index contributed by atoms with van der Waals surface area (Å²) < 4.78 is 0. The van der Waals surface area contributed by atoms with Crippen molar-refractivity contribution in [1.29, 1.82) is 0 Å². The number of hydrogen-bond donors (Lipinski definition) is 2. The maximum Gasteiger partial charge on any atom is 0.227 e. The highest BCUT2D eigenvalue weighted by atomic mass is 35.5. The summed E-state index contributed by atoms with van der Waals surface area (Å²) in [5.74, 6) is 0.197. The predicted octanol–water partition coefficient (Wildman–Crippen LogP) is 1.41. The zero-order valence-corrected chi connectivity index (χ0v) is 11.1. The number of hydrogen-bond acceptors (Lipinski definition) is 3. The lowest BCUT2D eigenvalue weighted by atomic mass is 10.1. The Morgan fingerprint density at radius 2 is 2.39 bits per heavy atom. The van der Waals surface area contributed by atoms with Crippen LogP contribution in [0.25, 0.3) is 0 Å². The highest BCUT2D eigenvalue weighted by Gasteiger charge is 2.21. The fraction of sp³-hybridized carbons (Fsp3) is 0.462. The molecule has 2 N–H and O–H groups in total. The van der Waals surface area contributed by atoms with Crippen LogP contribution in [0.4, 0.5) is 0 Å². The van der Waals surface area contributed by atoms with Crippen LogP contribution in [-0.2, 0) is 11.2 Å². The number of carbonyl (C=O) groups excluding carboxylic acids is 1. The van der Waals surface area contributed by atoms with E-state index >= 15 is 0 Å². The molecule has 4 nitrogen and oxygen atoms in total. The molecule has 1 aromatic carbocycles. The third kappa shape index (κ3) is 3.15. The first kappa shape index (κ1) is 13.2. The van der Waals surface area contributed by atoms with Gasteiger partial charge in [-0.1, -0.05) is 17.7 Å². The average molecular weight is 269 g/mol. The van der Waals surface area contributed by atoms with Crippen molar-refractivity contribution < 1.29 is 9.90 Å². The Bertz CT molecular complexity index is 451. The minimum atomic E-state index is 0.0796. The topological polar surface area (TPSA) is 52.6 Å². The second kappa shape index (κ2) is 5.59. The average Bonchev–Trinajstić information content (AvgIpc) is 2.32. The van der Waals surface area contributed by atoms with E-state index < -0.39 is 0 Å². The van der Waals surface area contributed by atoms with Crippen molar-refractivity contribution in [3.63, 3.8) is 0 Å². The quantitative estimate of drug-likeness (QED) is 0.853. The van der Waals surface area contributed by atoms with Gasteiger partial charge in [0.1, 0.15) is 5.75 Å². The molecule has 0 aromatic heterocycles. The van der Waals surface area contributed by atoms with Crippen LogP contribution in [0, 0.1) is 0 Å². The second-order valence-electron chi connectivity index (χ2n) is 4.65. The molecular formula is C13H17ClN2O2.